The maximum absolute atomic E-state index is 11.3. The predicted molar refractivity (Wildman–Crippen MR) is 57.6 cm³/mol. The molecule has 0 unspecified atom stereocenters. The fourth-order valence-corrected chi connectivity index (χ4v) is 1.11. The smallest absolute Gasteiger partial charge is 0.328 e. The number of hydrogen-bond donors (Lipinski definition) is 1. The van der Waals surface area contributed by atoms with Gasteiger partial charge in [0.25, 0.3) is 0 Å². The summed E-state index contributed by atoms with van der Waals surface area (Å²) in [6, 6.07) is 0. The number of amides is 1. The standard InChI is InChI=1S/C10H18N2O3/c1-8(5-10(14)15)6-12(4)7-9(13)11(2)3/h5H,6-7H2,1-4H3,(H,14,15). The van der Waals surface area contributed by atoms with E-state index < -0.39 is 5.97 Å². The Balaban J connectivity index is 4.09. The topological polar surface area (TPSA) is 60.9 Å². The summed E-state index contributed by atoms with van der Waals surface area (Å²) in [7, 11) is 5.16. The number of carbonyl (C=O) groups is 2. The second-order valence-corrected chi connectivity index (χ2v) is 3.79. The minimum Gasteiger partial charge on any atom is -0.478 e. The van der Waals surface area contributed by atoms with Crippen LogP contribution in [-0.4, -0.2) is 61.0 Å². The Bertz CT molecular complexity index is 272. The van der Waals surface area contributed by atoms with Crippen LogP contribution < -0.4 is 0 Å². The van der Waals surface area contributed by atoms with E-state index in [0.29, 0.717) is 6.54 Å². The molecule has 1 N–H and O–H groups in total. The highest BCUT2D eigenvalue weighted by atomic mass is 16.4. The maximum atomic E-state index is 11.3. The lowest BCUT2D eigenvalue weighted by Crippen LogP contribution is -2.35. The van der Waals surface area contributed by atoms with Crippen molar-refractivity contribution >= 4 is 11.9 Å². The molecule has 86 valence electrons. The molecule has 5 nitrogen and oxygen atoms in total. The molecule has 0 aromatic rings. The van der Waals surface area contributed by atoms with Crippen molar-refractivity contribution < 1.29 is 14.7 Å². The molecule has 0 bridgehead atoms. The van der Waals surface area contributed by atoms with Gasteiger partial charge >= 0.3 is 5.97 Å². The van der Waals surface area contributed by atoms with Gasteiger partial charge in [-0.1, -0.05) is 5.57 Å². The molecule has 0 rings (SSSR count). The van der Waals surface area contributed by atoms with Gasteiger partial charge in [-0.2, -0.15) is 0 Å². The Kier molecular flexibility index (Phi) is 5.62. The van der Waals surface area contributed by atoms with Crippen molar-refractivity contribution in [1.82, 2.24) is 9.80 Å². The van der Waals surface area contributed by atoms with Gasteiger partial charge in [0, 0.05) is 26.7 Å². The summed E-state index contributed by atoms with van der Waals surface area (Å²) >= 11 is 0. The Hall–Kier alpha value is -1.36. The zero-order valence-electron chi connectivity index (χ0n) is 9.65. The molecule has 0 aliphatic heterocycles. The number of carbonyl (C=O) groups excluding carboxylic acids is 1. The molecule has 0 fully saturated rings. The zero-order valence-corrected chi connectivity index (χ0v) is 9.65. The lowest BCUT2D eigenvalue weighted by atomic mass is 10.2. The molecule has 0 aliphatic carbocycles. The normalized spacial score (nSPS) is 11.7. The Morgan fingerprint density at radius 2 is 1.73 bits per heavy atom. The van der Waals surface area contributed by atoms with Gasteiger partial charge in [-0.3, -0.25) is 9.69 Å². The van der Waals surface area contributed by atoms with Crippen LogP contribution in [0.15, 0.2) is 11.6 Å². The van der Waals surface area contributed by atoms with Crippen LogP contribution in [0.3, 0.4) is 0 Å². The number of aliphatic carboxylic acids is 1. The molecule has 5 heteroatoms. The van der Waals surface area contributed by atoms with Crippen molar-refractivity contribution in [2.75, 3.05) is 34.2 Å². The van der Waals surface area contributed by atoms with Crippen LogP contribution in [0.2, 0.25) is 0 Å². The Labute approximate surface area is 90.0 Å². The van der Waals surface area contributed by atoms with Crippen LogP contribution in [0.4, 0.5) is 0 Å². The van der Waals surface area contributed by atoms with Crippen molar-refractivity contribution in [3.63, 3.8) is 0 Å². The van der Waals surface area contributed by atoms with Crippen molar-refractivity contribution in [2.45, 2.75) is 6.92 Å². The molecule has 0 aromatic heterocycles. The lowest BCUT2D eigenvalue weighted by Gasteiger charge is -2.18. The summed E-state index contributed by atoms with van der Waals surface area (Å²) in [5.74, 6) is -0.958. The number of carboxylic acids is 1. The first-order valence-electron chi connectivity index (χ1n) is 4.61. The molecule has 0 saturated carbocycles. The number of rotatable bonds is 5. The zero-order chi connectivity index (χ0) is 12.0. The number of nitrogens with zero attached hydrogens (tertiary/aromatic N) is 2. The van der Waals surface area contributed by atoms with Crippen LogP contribution in [0.1, 0.15) is 6.92 Å². The third-order valence-corrected chi connectivity index (χ3v) is 1.79. The van der Waals surface area contributed by atoms with E-state index in [-0.39, 0.29) is 12.5 Å². The average Bonchev–Trinajstić information content (AvgIpc) is 2.00. The molecule has 0 aliphatic rings. The van der Waals surface area contributed by atoms with Gasteiger partial charge in [0.2, 0.25) is 5.91 Å². The highest BCUT2D eigenvalue weighted by Crippen LogP contribution is 1.96. The van der Waals surface area contributed by atoms with Crippen molar-refractivity contribution in [3.8, 4) is 0 Å². The first-order chi connectivity index (χ1) is 6.82. The van der Waals surface area contributed by atoms with E-state index in [1.54, 1.807) is 33.0 Å². The molecule has 0 atom stereocenters. The van der Waals surface area contributed by atoms with Gasteiger partial charge in [-0.05, 0) is 14.0 Å². The minimum atomic E-state index is -0.958. The second-order valence-electron chi connectivity index (χ2n) is 3.79. The van der Waals surface area contributed by atoms with Gasteiger partial charge in [-0.15, -0.1) is 0 Å². The molecule has 0 heterocycles. The van der Waals surface area contributed by atoms with Crippen LogP contribution in [0.5, 0.6) is 0 Å². The Morgan fingerprint density at radius 1 is 1.20 bits per heavy atom. The van der Waals surface area contributed by atoms with Gasteiger partial charge < -0.3 is 10.0 Å². The van der Waals surface area contributed by atoms with E-state index in [0.717, 1.165) is 11.6 Å². The third-order valence-electron chi connectivity index (χ3n) is 1.79. The van der Waals surface area contributed by atoms with Crippen LogP contribution >= 0.6 is 0 Å². The summed E-state index contributed by atoms with van der Waals surface area (Å²) in [6.45, 7) is 2.49. The second kappa shape index (κ2) is 6.19. The average molecular weight is 214 g/mol. The van der Waals surface area contributed by atoms with Crippen molar-refractivity contribution in [1.29, 1.82) is 0 Å². The molecule has 15 heavy (non-hydrogen) atoms. The summed E-state index contributed by atoms with van der Waals surface area (Å²) in [5.41, 5.74) is 0.719. The van der Waals surface area contributed by atoms with Crippen LogP contribution in [0.25, 0.3) is 0 Å². The predicted octanol–water partition coefficient (Wildman–Crippen LogP) is 0.0373. The molecular formula is C10H18N2O3. The largest absolute Gasteiger partial charge is 0.478 e. The summed E-state index contributed by atoms with van der Waals surface area (Å²) in [4.78, 5) is 24.9. The first-order valence-corrected chi connectivity index (χ1v) is 4.61. The molecule has 0 radical (unpaired) electrons. The Morgan fingerprint density at radius 3 is 2.13 bits per heavy atom. The number of likely N-dealkylation sites (N-methyl/N-ethyl adjacent to an activating group) is 2. The fraction of sp³-hybridized carbons (Fsp3) is 0.600. The first kappa shape index (κ1) is 13.6. The minimum absolute atomic E-state index is 0.000579. The van der Waals surface area contributed by atoms with Crippen LogP contribution in [0, 0.1) is 0 Å². The van der Waals surface area contributed by atoms with Gasteiger partial charge in [0.15, 0.2) is 0 Å². The summed E-state index contributed by atoms with van der Waals surface area (Å²) < 4.78 is 0. The molecule has 0 spiro atoms. The third kappa shape index (κ3) is 6.68. The number of carboxylic acid groups (broad SMARTS) is 1. The lowest BCUT2D eigenvalue weighted by molar-refractivity contribution is -0.131. The van der Waals surface area contributed by atoms with E-state index in [2.05, 4.69) is 0 Å². The van der Waals surface area contributed by atoms with Crippen molar-refractivity contribution in [2.24, 2.45) is 0 Å². The molecule has 0 aromatic carbocycles. The van der Waals surface area contributed by atoms with E-state index in [1.807, 2.05) is 0 Å². The fourth-order valence-electron chi connectivity index (χ4n) is 1.11. The van der Waals surface area contributed by atoms with E-state index in [4.69, 9.17) is 5.11 Å². The van der Waals surface area contributed by atoms with Crippen molar-refractivity contribution in [3.05, 3.63) is 11.6 Å². The molecular weight excluding hydrogens is 196 g/mol. The quantitative estimate of drug-likeness (QED) is 0.656. The van der Waals surface area contributed by atoms with Gasteiger partial charge in [0.1, 0.15) is 0 Å². The summed E-state index contributed by atoms with van der Waals surface area (Å²) in [5, 5.41) is 8.50. The SMILES string of the molecule is CC(=CC(=O)O)CN(C)CC(=O)N(C)C. The monoisotopic (exact) mass is 214 g/mol. The van der Waals surface area contributed by atoms with E-state index in [9.17, 15) is 9.59 Å². The molecule has 1 amide bonds. The highest BCUT2D eigenvalue weighted by molar-refractivity contribution is 5.80. The van der Waals surface area contributed by atoms with Gasteiger partial charge in [-0.25, -0.2) is 4.79 Å². The number of hydrogen-bond acceptors (Lipinski definition) is 3. The van der Waals surface area contributed by atoms with Gasteiger partial charge in [0.05, 0.1) is 6.54 Å². The van der Waals surface area contributed by atoms with Crippen LogP contribution in [-0.2, 0) is 9.59 Å². The van der Waals surface area contributed by atoms with E-state index >= 15 is 0 Å². The summed E-state index contributed by atoms with van der Waals surface area (Å²) in [6.07, 6.45) is 1.15. The molecule has 0 saturated heterocycles. The van der Waals surface area contributed by atoms with E-state index in [1.165, 1.54) is 4.90 Å². The highest BCUT2D eigenvalue weighted by Gasteiger charge is 2.08. The maximum Gasteiger partial charge on any atom is 0.328 e.